The summed E-state index contributed by atoms with van der Waals surface area (Å²) < 4.78 is 1.84. The fourth-order valence-corrected chi connectivity index (χ4v) is 4.66. The highest BCUT2D eigenvalue weighted by molar-refractivity contribution is 6.36. The van der Waals surface area contributed by atoms with Crippen molar-refractivity contribution < 1.29 is 4.79 Å². The van der Waals surface area contributed by atoms with Crippen LogP contribution in [-0.4, -0.2) is 34.6 Å². The quantitative estimate of drug-likeness (QED) is 0.491. The van der Waals surface area contributed by atoms with Crippen LogP contribution in [0, 0.1) is 0 Å². The number of nitrogens with zero attached hydrogens (tertiary/aromatic N) is 2. The molecule has 0 radical (unpaired) electrons. The molecule has 0 unspecified atom stereocenters. The van der Waals surface area contributed by atoms with Crippen molar-refractivity contribution in [3.63, 3.8) is 0 Å². The number of imidazole rings is 1. The standard InChI is InChI=1S/C23H23Cl3N4O/c1-27-19-4-2-3-5-20(19)29-23(31)21-13-30(16-9-6-14(24)7-10-16)22(28-21)17-11-8-15(25)12-18(17)26/h6-13,19-20,27H,2-5H2,1H3,(H,29,31)/t19-,20-/m1/s1. The molecule has 0 aliphatic heterocycles. The number of hydrogen-bond donors (Lipinski definition) is 2. The van der Waals surface area contributed by atoms with Gasteiger partial charge in [-0.05, 0) is 62.4 Å². The second kappa shape index (κ2) is 9.61. The number of carbonyl (C=O) groups is 1. The third-order valence-electron chi connectivity index (χ3n) is 5.67. The number of amides is 1. The van der Waals surface area contributed by atoms with Crippen LogP contribution in [0.2, 0.25) is 15.1 Å². The van der Waals surface area contributed by atoms with E-state index in [9.17, 15) is 4.79 Å². The molecule has 1 aromatic heterocycles. The zero-order chi connectivity index (χ0) is 22.0. The Bertz CT molecular complexity index is 1080. The van der Waals surface area contributed by atoms with Crippen LogP contribution in [0.1, 0.15) is 36.2 Å². The summed E-state index contributed by atoms with van der Waals surface area (Å²) in [5.74, 6) is 0.356. The minimum Gasteiger partial charge on any atom is -0.346 e. The number of halogens is 3. The van der Waals surface area contributed by atoms with Gasteiger partial charge in [0.15, 0.2) is 0 Å². The summed E-state index contributed by atoms with van der Waals surface area (Å²) in [7, 11) is 1.94. The van der Waals surface area contributed by atoms with Gasteiger partial charge in [-0.3, -0.25) is 9.36 Å². The van der Waals surface area contributed by atoms with Gasteiger partial charge in [0, 0.05) is 39.6 Å². The van der Waals surface area contributed by atoms with Crippen LogP contribution in [0.3, 0.4) is 0 Å². The molecule has 8 heteroatoms. The summed E-state index contributed by atoms with van der Waals surface area (Å²) in [5.41, 5.74) is 1.84. The number of hydrogen-bond acceptors (Lipinski definition) is 3. The lowest BCUT2D eigenvalue weighted by atomic mass is 9.90. The Kier molecular flexibility index (Phi) is 6.87. The molecule has 1 aliphatic carbocycles. The number of rotatable bonds is 5. The maximum Gasteiger partial charge on any atom is 0.271 e. The average Bonchev–Trinajstić information content (AvgIpc) is 3.20. The van der Waals surface area contributed by atoms with Gasteiger partial charge in [-0.25, -0.2) is 4.98 Å². The van der Waals surface area contributed by atoms with E-state index >= 15 is 0 Å². The lowest BCUT2D eigenvalue weighted by Gasteiger charge is -2.31. The summed E-state index contributed by atoms with van der Waals surface area (Å²) >= 11 is 18.6. The van der Waals surface area contributed by atoms with Crippen molar-refractivity contribution in [1.29, 1.82) is 0 Å². The second-order valence-electron chi connectivity index (χ2n) is 7.68. The highest BCUT2D eigenvalue weighted by atomic mass is 35.5. The largest absolute Gasteiger partial charge is 0.346 e. The summed E-state index contributed by atoms with van der Waals surface area (Å²) in [6, 6.07) is 12.9. The zero-order valence-corrected chi connectivity index (χ0v) is 19.3. The molecule has 31 heavy (non-hydrogen) atoms. The first kappa shape index (κ1) is 22.2. The van der Waals surface area contributed by atoms with Crippen LogP contribution in [-0.2, 0) is 0 Å². The van der Waals surface area contributed by atoms with E-state index in [2.05, 4.69) is 15.6 Å². The summed E-state index contributed by atoms with van der Waals surface area (Å²) in [6.07, 6.45) is 6.00. The van der Waals surface area contributed by atoms with Gasteiger partial charge in [-0.1, -0.05) is 47.6 Å². The smallest absolute Gasteiger partial charge is 0.271 e. The van der Waals surface area contributed by atoms with Gasteiger partial charge in [0.2, 0.25) is 0 Å². The van der Waals surface area contributed by atoms with E-state index in [1.54, 1.807) is 36.5 Å². The minimum atomic E-state index is -0.203. The molecule has 0 spiro atoms. The van der Waals surface area contributed by atoms with Gasteiger partial charge < -0.3 is 10.6 Å². The highest BCUT2D eigenvalue weighted by Gasteiger charge is 2.27. The topological polar surface area (TPSA) is 58.9 Å². The first-order valence-corrected chi connectivity index (χ1v) is 11.4. The third-order valence-corrected chi connectivity index (χ3v) is 6.47. The molecule has 162 valence electrons. The van der Waals surface area contributed by atoms with Crippen molar-refractivity contribution >= 4 is 40.7 Å². The van der Waals surface area contributed by atoms with Crippen molar-refractivity contribution in [2.24, 2.45) is 0 Å². The van der Waals surface area contributed by atoms with E-state index in [0.717, 1.165) is 24.9 Å². The maximum absolute atomic E-state index is 13.1. The Morgan fingerprint density at radius 3 is 2.35 bits per heavy atom. The Morgan fingerprint density at radius 1 is 1.00 bits per heavy atom. The monoisotopic (exact) mass is 476 g/mol. The molecule has 2 atom stereocenters. The van der Waals surface area contributed by atoms with Gasteiger partial charge in [-0.2, -0.15) is 0 Å². The fraction of sp³-hybridized carbons (Fsp3) is 0.304. The van der Waals surface area contributed by atoms with Crippen molar-refractivity contribution in [2.45, 2.75) is 37.8 Å². The highest BCUT2D eigenvalue weighted by Crippen LogP contribution is 2.32. The number of likely N-dealkylation sites (N-methyl/N-ethyl adjacent to an activating group) is 1. The lowest BCUT2D eigenvalue weighted by Crippen LogP contribution is -2.50. The number of aromatic nitrogens is 2. The molecule has 5 nitrogen and oxygen atoms in total. The van der Waals surface area contributed by atoms with Gasteiger partial charge in [0.25, 0.3) is 5.91 Å². The van der Waals surface area contributed by atoms with E-state index in [1.807, 2.05) is 23.7 Å². The van der Waals surface area contributed by atoms with E-state index in [0.29, 0.717) is 32.1 Å². The van der Waals surface area contributed by atoms with Gasteiger partial charge >= 0.3 is 0 Å². The molecular formula is C23H23Cl3N4O. The summed E-state index contributed by atoms with van der Waals surface area (Å²) in [5, 5.41) is 8.10. The average molecular weight is 478 g/mol. The van der Waals surface area contributed by atoms with Crippen LogP contribution in [0.4, 0.5) is 0 Å². The molecule has 2 aromatic carbocycles. The molecule has 2 N–H and O–H groups in total. The number of carbonyl (C=O) groups excluding carboxylic acids is 1. The van der Waals surface area contributed by atoms with Gasteiger partial charge in [0.05, 0.1) is 5.02 Å². The normalized spacial score (nSPS) is 18.7. The van der Waals surface area contributed by atoms with E-state index in [-0.39, 0.29) is 18.0 Å². The van der Waals surface area contributed by atoms with Gasteiger partial charge in [0.1, 0.15) is 11.5 Å². The molecule has 1 fully saturated rings. The SMILES string of the molecule is CN[C@@H]1CCCC[C@H]1NC(=O)c1cn(-c2ccc(Cl)cc2)c(-c2ccc(Cl)cc2Cl)n1. The Morgan fingerprint density at radius 2 is 1.68 bits per heavy atom. The molecule has 1 heterocycles. The minimum absolute atomic E-state index is 0.0782. The van der Waals surface area contributed by atoms with Crippen molar-refractivity contribution in [3.05, 3.63) is 69.4 Å². The van der Waals surface area contributed by atoms with Gasteiger partial charge in [-0.15, -0.1) is 0 Å². The first-order valence-electron chi connectivity index (χ1n) is 10.2. The molecule has 1 aliphatic rings. The molecule has 0 bridgehead atoms. The number of nitrogens with one attached hydrogen (secondary N) is 2. The van der Waals surface area contributed by atoms with Crippen molar-refractivity contribution in [1.82, 2.24) is 20.2 Å². The summed E-state index contributed by atoms with van der Waals surface area (Å²) in [6.45, 7) is 0. The summed E-state index contributed by atoms with van der Waals surface area (Å²) in [4.78, 5) is 17.8. The Labute approximate surface area is 196 Å². The Balaban J connectivity index is 1.72. The van der Waals surface area contributed by atoms with Crippen molar-refractivity contribution in [2.75, 3.05) is 7.05 Å². The van der Waals surface area contributed by atoms with Crippen LogP contribution in [0.5, 0.6) is 0 Å². The molecule has 3 aromatic rings. The third kappa shape index (κ3) is 4.90. The van der Waals surface area contributed by atoms with E-state index in [1.165, 1.54) is 6.42 Å². The number of benzene rings is 2. The maximum atomic E-state index is 13.1. The second-order valence-corrected chi connectivity index (χ2v) is 8.96. The lowest BCUT2D eigenvalue weighted by molar-refractivity contribution is 0.0912. The molecule has 4 rings (SSSR count). The van der Waals surface area contributed by atoms with Crippen molar-refractivity contribution in [3.8, 4) is 17.1 Å². The van der Waals surface area contributed by atoms with Crippen LogP contribution in [0.15, 0.2) is 48.7 Å². The van der Waals surface area contributed by atoms with E-state index in [4.69, 9.17) is 34.8 Å². The van der Waals surface area contributed by atoms with Crippen LogP contribution >= 0.6 is 34.8 Å². The fourth-order valence-electron chi connectivity index (χ4n) is 4.04. The predicted octanol–water partition coefficient (Wildman–Crippen LogP) is 5.76. The van der Waals surface area contributed by atoms with Crippen LogP contribution < -0.4 is 10.6 Å². The first-order chi connectivity index (χ1) is 15.0. The molecular weight excluding hydrogens is 455 g/mol. The zero-order valence-electron chi connectivity index (χ0n) is 17.0. The predicted molar refractivity (Wildman–Crippen MR) is 127 cm³/mol. The molecule has 1 amide bonds. The van der Waals surface area contributed by atoms with Crippen LogP contribution in [0.25, 0.3) is 17.1 Å². The van der Waals surface area contributed by atoms with E-state index < -0.39 is 0 Å². The molecule has 1 saturated carbocycles. The molecule has 0 saturated heterocycles. The Hall–Kier alpha value is -2.05.